The van der Waals surface area contributed by atoms with Crippen molar-refractivity contribution in [2.45, 2.75) is 16.6 Å². The molecule has 1 aromatic carbocycles. The van der Waals surface area contributed by atoms with Gasteiger partial charge in [-0.25, -0.2) is 0 Å². The van der Waals surface area contributed by atoms with E-state index in [2.05, 4.69) is 22.4 Å². The molecule has 0 N–H and O–H groups in total. The van der Waals surface area contributed by atoms with Gasteiger partial charge in [0.25, 0.3) is 0 Å². The normalized spacial score (nSPS) is 10.5. The van der Waals surface area contributed by atoms with Crippen LogP contribution in [0.5, 0.6) is 0 Å². The zero-order valence-corrected chi connectivity index (χ0v) is 11.7. The van der Waals surface area contributed by atoms with Crippen LogP contribution in [0.1, 0.15) is 0 Å². The topological polar surface area (TPSA) is 46.4 Å². The standard InChI is InChI=1S/C11H16AsN2O2/c1-12(2)7-8-13(3)10-5-4-6-11(9-10)14(15)16/h4-5,9H,7-8H2,1-3H3. The van der Waals surface area contributed by atoms with E-state index in [9.17, 15) is 10.1 Å². The minimum absolute atomic E-state index is 0.0340. The Labute approximate surface area is 101 Å². The van der Waals surface area contributed by atoms with Crippen LogP contribution in [0.25, 0.3) is 0 Å². The van der Waals surface area contributed by atoms with Gasteiger partial charge in [-0.15, -0.1) is 0 Å². The molecular formula is C11H16AsN2O2. The molecule has 87 valence electrons. The Bertz CT molecular complexity index is 369. The van der Waals surface area contributed by atoms with Crippen LogP contribution in [0.4, 0.5) is 11.4 Å². The van der Waals surface area contributed by atoms with E-state index in [1.165, 1.54) is 5.21 Å². The van der Waals surface area contributed by atoms with E-state index in [4.69, 9.17) is 0 Å². The van der Waals surface area contributed by atoms with Gasteiger partial charge in [-0.2, -0.15) is 0 Å². The van der Waals surface area contributed by atoms with E-state index in [1.54, 1.807) is 12.1 Å². The quantitative estimate of drug-likeness (QED) is 0.474. The number of hydrogen-bond acceptors (Lipinski definition) is 3. The molecule has 1 radical (unpaired) electrons. The molecule has 5 heteroatoms. The summed E-state index contributed by atoms with van der Waals surface area (Å²) in [6.45, 7) is 0.966. The second-order valence-corrected chi connectivity index (χ2v) is 9.38. The van der Waals surface area contributed by atoms with E-state index in [1.807, 2.05) is 13.1 Å². The van der Waals surface area contributed by atoms with Crippen molar-refractivity contribution in [3.05, 3.63) is 34.4 Å². The summed E-state index contributed by atoms with van der Waals surface area (Å²) >= 11 is -0.625. The van der Waals surface area contributed by atoms with E-state index < -0.39 is 19.6 Å². The van der Waals surface area contributed by atoms with Crippen LogP contribution < -0.4 is 4.90 Å². The number of anilines is 1. The molecular weight excluding hydrogens is 267 g/mol. The summed E-state index contributed by atoms with van der Waals surface area (Å²) < 4.78 is 0. The number of hydrogen-bond donors (Lipinski definition) is 0. The van der Waals surface area contributed by atoms with E-state index in [0.717, 1.165) is 12.2 Å². The van der Waals surface area contributed by atoms with Crippen LogP contribution >= 0.6 is 0 Å². The molecule has 0 aliphatic heterocycles. The van der Waals surface area contributed by atoms with Gasteiger partial charge in [-0.3, -0.25) is 0 Å². The van der Waals surface area contributed by atoms with Crippen molar-refractivity contribution in [2.75, 3.05) is 18.5 Å². The first kappa shape index (κ1) is 13.0. The summed E-state index contributed by atoms with van der Waals surface area (Å²) in [5.41, 5.74) is 5.54. The molecule has 16 heavy (non-hydrogen) atoms. The van der Waals surface area contributed by atoms with Crippen LogP contribution in [0.2, 0.25) is 16.6 Å². The zero-order chi connectivity index (χ0) is 12.1. The van der Waals surface area contributed by atoms with Crippen LogP contribution in [-0.4, -0.2) is 33.2 Å². The summed E-state index contributed by atoms with van der Waals surface area (Å²) in [5, 5.41) is 11.8. The van der Waals surface area contributed by atoms with Crippen LogP contribution in [0.15, 0.2) is 18.2 Å². The molecule has 0 unspecified atom stereocenters. The molecule has 0 bridgehead atoms. The fourth-order valence-electron chi connectivity index (χ4n) is 1.26. The summed E-state index contributed by atoms with van der Waals surface area (Å²) in [5.74, 6) is 0. The van der Waals surface area contributed by atoms with Crippen molar-refractivity contribution in [3.8, 4) is 0 Å². The molecule has 0 aromatic heterocycles. The molecule has 0 aliphatic rings. The van der Waals surface area contributed by atoms with Gasteiger partial charge in [0.2, 0.25) is 0 Å². The van der Waals surface area contributed by atoms with Gasteiger partial charge in [0.05, 0.1) is 0 Å². The van der Waals surface area contributed by atoms with E-state index in [-0.39, 0.29) is 5.69 Å². The third kappa shape index (κ3) is 3.86. The number of rotatable bonds is 5. The maximum absolute atomic E-state index is 10.6. The first-order chi connectivity index (χ1) is 7.50. The fourth-order valence-corrected chi connectivity index (χ4v) is 2.73. The molecule has 0 amide bonds. The molecule has 0 spiro atoms. The predicted molar refractivity (Wildman–Crippen MR) is 67.5 cm³/mol. The van der Waals surface area contributed by atoms with Crippen LogP contribution in [0.3, 0.4) is 0 Å². The number of non-ortho nitro benzene ring substituents is 1. The van der Waals surface area contributed by atoms with Gasteiger partial charge < -0.3 is 0 Å². The Morgan fingerprint density at radius 1 is 1.56 bits per heavy atom. The second-order valence-electron chi connectivity index (χ2n) is 3.91. The zero-order valence-electron chi connectivity index (χ0n) is 9.80. The number of nitrogens with zero attached hydrogens (tertiary/aromatic N) is 2. The van der Waals surface area contributed by atoms with Gasteiger partial charge in [-0.1, -0.05) is 0 Å². The maximum atomic E-state index is 10.6. The van der Waals surface area contributed by atoms with Gasteiger partial charge in [0.15, 0.2) is 0 Å². The Morgan fingerprint density at radius 3 is 2.81 bits per heavy atom. The van der Waals surface area contributed by atoms with E-state index in [0.29, 0.717) is 0 Å². The first-order valence-corrected chi connectivity index (χ1v) is 10.1. The molecule has 0 fully saturated rings. The molecule has 1 aromatic rings. The Hall–Kier alpha value is -1.02. The molecule has 0 aliphatic carbocycles. The molecule has 1 rings (SSSR count). The van der Waals surface area contributed by atoms with Crippen LogP contribution in [0, 0.1) is 16.2 Å². The molecule has 4 nitrogen and oxygen atoms in total. The van der Waals surface area contributed by atoms with Gasteiger partial charge in [-0.05, 0) is 0 Å². The number of nitro groups is 1. The fraction of sp³-hybridized carbons (Fsp3) is 0.455. The van der Waals surface area contributed by atoms with Gasteiger partial charge >= 0.3 is 100 Å². The first-order valence-electron chi connectivity index (χ1n) is 5.02. The van der Waals surface area contributed by atoms with Crippen molar-refractivity contribution in [3.63, 3.8) is 0 Å². The number of nitro benzene ring substituents is 1. The van der Waals surface area contributed by atoms with Crippen LogP contribution in [-0.2, 0) is 0 Å². The van der Waals surface area contributed by atoms with Gasteiger partial charge in [0.1, 0.15) is 0 Å². The predicted octanol–water partition coefficient (Wildman–Crippen LogP) is 2.59. The number of benzene rings is 1. The summed E-state index contributed by atoms with van der Waals surface area (Å²) in [6.07, 6.45) is 0. The van der Waals surface area contributed by atoms with Crippen molar-refractivity contribution in [2.24, 2.45) is 0 Å². The molecule has 0 saturated heterocycles. The molecule has 0 saturated carbocycles. The minimum atomic E-state index is -0.625. The van der Waals surface area contributed by atoms with E-state index >= 15 is 0 Å². The third-order valence-corrected chi connectivity index (χ3v) is 4.59. The summed E-state index contributed by atoms with van der Waals surface area (Å²) in [6, 6.07) is 7.65. The van der Waals surface area contributed by atoms with Gasteiger partial charge in [0, 0.05) is 0 Å². The van der Waals surface area contributed by atoms with Crippen molar-refractivity contribution >= 4 is 26.0 Å². The Kier molecular flexibility index (Phi) is 4.81. The molecule has 0 heterocycles. The second kappa shape index (κ2) is 5.90. The third-order valence-electron chi connectivity index (χ3n) is 2.29. The summed E-state index contributed by atoms with van der Waals surface area (Å²) in [4.78, 5) is 12.3. The average molecular weight is 283 g/mol. The summed E-state index contributed by atoms with van der Waals surface area (Å²) in [7, 11) is 1.97. The average Bonchev–Trinajstić information content (AvgIpc) is 2.26. The van der Waals surface area contributed by atoms with Crippen molar-refractivity contribution < 1.29 is 4.92 Å². The van der Waals surface area contributed by atoms with Crippen molar-refractivity contribution in [1.29, 1.82) is 0 Å². The Morgan fingerprint density at radius 2 is 2.25 bits per heavy atom. The van der Waals surface area contributed by atoms with Crippen molar-refractivity contribution in [1.82, 2.24) is 0 Å². The Balaban J connectivity index is 2.71. The SMILES string of the molecule is CN(CC[As](C)C)c1cc[c]c([N+](=O)[O-])c1. The molecule has 0 atom stereocenters. The monoisotopic (exact) mass is 283 g/mol.